The number of anilines is 1. The third-order valence-corrected chi connectivity index (χ3v) is 4.12. The van der Waals surface area contributed by atoms with Crippen LogP contribution in [-0.2, 0) is 7.05 Å². The van der Waals surface area contributed by atoms with Gasteiger partial charge in [0.2, 0.25) is 0 Å². The van der Waals surface area contributed by atoms with Gasteiger partial charge in [-0.05, 0) is 18.9 Å². The van der Waals surface area contributed by atoms with Gasteiger partial charge in [-0.15, -0.1) is 0 Å². The topological polar surface area (TPSA) is 34.0 Å². The fraction of sp³-hybridized carbons (Fsp3) is 0.438. The highest BCUT2D eigenvalue weighted by Crippen LogP contribution is 2.25. The van der Waals surface area contributed by atoms with E-state index in [0.717, 1.165) is 16.6 Å². The fourth-order valence-electron chi connectivity index (χ4n) is 3.00. The molecule has 2 aromatic rings. The highest BCUT2D eigenvalue weighted by atomic mass is 16.1. The first-order valence-electron chi connectivity index (χ1n) is 7.11. The molecule has 0 bridgehead atoms. The summed E-state index contributed by atoms with van der Waals surface area (Å²) in [4.78, 5) is 12.0. The SMILES string of the molecule is Cn1c(=O)cc(NC2CCCCC2)c2ccccc21. The summed E-state index contributed by atoms with van der Waals surface area (Å²) >= 11 is 0. The molecule has 3 rings (SSSR count). The molecule has 0 radical (unpaired) electrons. The second-order valence-corrected chi connectivity index (χ2v) is 5.45. The van der Waals surface area contributed by atoms with Gasteiger partial charge in [-0.1, -0.05) is 37.5 Å². The lowest BCUT2D eigenvalue weighted by molar-refractivity contribution is 0.463. The number of rotatable bonds is 2. The molecule has 1 N–H and O–H groups in total. The van der Waals surface area contributed by atoms with Crippen LogP contribution in [0.25, 0.3) is 10.9 Å². The molecule has 0 saturated heterocycles. The molecule has 0 spiro atoms. The molecule has 1 aliphatic carbocycles. The zero-order valence-electron chi connectivity index (χ0n) is 11.4. The number of hydrogen-bond donors (Lipinski definition) is 1. The number of nitrogens with zero attached hydrogens (tertiary/aromatic N) is 1. The molecule has 19 heavy (non-hydrogen) atoms. The number of aryl methyl sites for hydroxylation is 1. The van der Waals surface area contributed by atoms with Crippen molar-refractivity contribution in [1.82, 2.24) is 4.57 Å². The number of aromatic nitrogens is 1. The van der Waals surface area contributed by atoms with Crippen molar-refractivity contribution in [2.75, 3.05) is 5.32 Å². The molecule has 0 aliphatic heterocycles. The fourth-order valence-corrected chi connectivity index (χ4v) is 3.00. The zero-order chi connectivity index (χ0) is 13.2. The number of para-hydroxylation sites is 1. The zero-order valence-corrected chi connectivity index (χ0v) is 11.4. The van der Waals surface area contributed by atoms with Crippen LogP contribution >= 0.6 is 0 Å². The lowest BCUT2D eigenvalue weighted by Crippen LogP contribution is -2.24. The Morgan fingerprint density at radius 3 is 2.68 bits per heavy atom. The van der Waals surface area contributed by atoms with Crippen molar-refractivity contribution in [2.24, 2.45) is 7.05 Å². The number of hydrogen-bond acceptors (Lipinski definition) is 2. The summed E-state index contributed by atoms with van der Waals surface area (Å²) < 4.78 is 1.71. The molecule has 0 amide bonds. The van der Waals surface area contributed by atoms with Crippen molar-refractivity contribution in [3.8, 4) is 0 Å². The molecule has 0 atom stereocenters. The van der Waals surface area contributed by atoms with Gasteiger partial charge in [0, 0.05) is 30.2 Å². The van der Waals surface area contributed by atoms with E-state index in [2.05, 4.69) is 11.4 Å². The minimum atomic E-state index is 0.0528. The van der Waals surface area contributed by atoms with Crippen LogP contribution in [0.4, 0.5) is 5.69 Å². The van der Waals surface area contributed by atoms with Crippen LogP contribution in [0.15, 0.2) is 35.1 Å². The minimum absolute atomic E-state index is 0.0528. The third kappa shape index (κ3) is 2.37. The van der Waals surface area contributed by atoms with Crippen LogP contribution < -0.4 is 10.9 Å². The molecule has 100 valence electrons. The molecule has 1 aliphatic rings. The maximum Gasteiger partial charge on any atom is 0.252 e. The first-order chi connectivity index (χ1) is 9.25. The van der Waals surface area contributed by atoms with Crippen LogP contribution in [0.5, 0.6) is 0 Å². The van der Waals surface area contributed by atoms with E-state index in [1.165, 1.54) is 32.1 Å². The molecular weight excluding hydrogens is 236 g/mol. The van der Waals surface area contributed by atoms with Gasteiger partial charge in [0.05, 0.1) is 5.52 Å². The van der Waals surface area contributed by atoms with Gasteiger partial charge in [-0.3, -0.25) is 4.79 Å². The van der Waals surface area contributed by atoms with Gasteiger partial charge >= 0.3 is 0 Å². The Balaban J connectivity index is 2.03. The Morgan fingerprint density at radius 2 is 1.89 bits per heavy atom. The van der Waals surface area contributed by atoms with E-state index >= 15 is 0 Å². The monoisotopic (exact) mass is 256 g/mol. The van der Waals surface area contributed by atoms with Gasteiger partial charge in [-0.2, -0.15) is 0 Å². The first-order valence-corrected chi connectivity index (χ1v) is 7.11. The summed E-state index contributed by atoms with van der Waals surface area (Å²) in [7, 11) is 1.83. The minimum Gasteiger partial charge on any atom is -0.382 e. The maximum atomic E-state index is 12.0. The van der Waals surface area contributed by atoms with Crippen molar-refractivity contribution in [2.45, 2.75) is 38.1 Å². The molecule has 1 heterocycles. The van der Waals surface area contributed by atoms with Crippen LogP contribution in [0.2, 0.25) is 0 Å². The Kier molecular flexibility index (Phi) is 3.28. The van der Waals surface area contributed by atoms with E-state index in [9.17, 15) is 4.79 Å². The van der Waals surface area contributed by atoms with Crippen LogP contribution in [0.1, 0.15) is 32.1 Å². The Morgan fingerprint density at radius 1 is 1.16 bits per heavy atom. The van der Waals surface area contributed by atoms with Gasteiger partial charge < -0.3 is 9.88 Å². The molecule has 1 aromatic heterocycles. The van der Waals surface area contributed by atoms with E-state index in [4.69, 9.17) is 0 Å². The maximum absolute atomic E-state index is 12.0. The van der Waals surface area contributed by atoms with Crippen molar-refractivity contribution in [1.29, 1.82) is 0 Å². The average molecular weight is 256 g/mol. The Bertz CT molecular complexity index is 639. The summed E-state index contributed by atoms with van der Waals surface area (Å²) in [5.41, 5.74) is 2.04. The second kappa shape index (κ2) is 5.08. The van der Waals surface area contributed by atoms with Crippen molar-refractivity contribution in [3.05, 3.63) is 40.7 Å². The quantitative estimate of drug-likeness (QED) is 0.894. The number of pyridine rings is 1. The standard InChI is InChI=1S/C16H20N2O/c1-18-15-10-6-5-9-13(15)14(11-16(18)19)17-12-7-3-2-4-8-12/h5-6,9-12,17H,2-4,7-8H2,1H3. The summed E-state index contributed by atoms with van der Waals surface area (Å²) in [6.45, 7) is 0. The second-order valence-electron chi connectivity index (χ2n) is 5.45. The Hall–Kier alpha value is -1.77. The normalized spacial score (nSPS) is 16.7. The van der Waals surface area contributed by atoms with E-state index < -0.39 is 0 Å². The lowest BCUT2D eigenvalue weighted by Gasteiger charge is -2.24. The highest BCUT2D eigenvalue weighted by Gasteiger charge is 2.15. The Labute approximate surface area is 113 Å². The molecule has 0 unspecified atom stereocenters. The van der Waals surface area contributed by atoms with E-state index in [-0.39, 0.29) is 5.56 Å². The van der Waals surface area contributed by atoms with Gasteiger partial charge in [0.1, 0.15) is 0 Å². The van der Waals surface area contributed by atoms with E-state index in [1.807, 2.05) is 25.2 Å². The molecular formula is C16H20N2O. The predicted octanol–water partition coefficient (Wildman–Crippen LogP) is 3.28. The summed E-state index contributed by atoms with van der Waals surface area (Å²) in [5.74, 6) is 0. The van der Waals surface area contributed by atoms with Gasteiger partial charge in [-0.25, -0.2) is 0 Å². The number of nitrogens with one attached hydrogen (secondary N) is 1. The average Bonchev–Trinajstić information content (AvgIpc) is 2.46. The van der Waals surface area contributed by atoms with E-state index in [1.54, 1.807) is 10.6 Å². The van der Waals surface area contributed by atoms with Gasteiger partial charge in [0.25, 0.3) is 5.56 Å². The third-order valence-electron chi connectivity index (χ3n) is 4.12. The van der Waals surface area contributed by atoms with E-state index in [0.29, 0.717) is 6.04 Å². The number of fused-ring (bicyclic) bond motifs is 1. The summed E-state index contributed by atoms with van der Waals surface area (Å²) in [6, 6.07) is 10.3. The van der Waals surface area contributed by atoms with Crippen LogP contribution in [0, 0.1) is 0 Å². The molecule has 1 saturated carbocycles. The van der Waals surface area contributed by atoms with Crippen LogP contribution in [-0.4, -0.2) is 10.6 Å². The van der Waals surface area contributed by atoms with Gasteiger partial charge in [0.15, 0.2) is 0 Å². The molecule has 1 fully saturated rings. The predicted molar refractivity (Wildman–Crippen MR) is 79.7 cm³/mol. The summed E-state index contributed by atoms with van der Waals surface area (Å²) in [5, 5.41) is 4.71. The largest absolute Gasteiger partial charge is 0.382 e. The number of benzene rings is 1. The van der Waals surface area contributed by atoms with Crippen molar-refractivity contribution >= 4 is 16.6 Å². The van der Waals surface area contributed by atoms with Crippen molar-refractivity contribution < 1.29 is 0 Å². The smallest absolute Gasteiger partial charge is 0.252 e. The van der Waals surface area contributed by atoms with Crippen LogP contribution in [0.3, 0.4) is 0 Å². The molecule has 3 heteroatoms. The van der Waals surface area contributed by atoms with Crippen molar-refractivity contribution in [3.63, 3.8) is 0 Å². The molecule has 3 nitrogen and oxygen atoms in total. The summed E-state index contributed by atoms with van der Waals surface area (Å²) in [6.07, 6.45) is 6.35. The highest BCUT2D eigenvalue weighted by molar-refractivity contribution is 5.91. The first kappa shape index (κ1) is 12.3. The lowest BCUT2D eigenvalue weighted by atomic mass is 9.95. The molecule has 1 aromatic carbocycles.